The minimum absolute atomic E-state index is 0.196. The van der Waals surface area contributed by atoms with Crippen LogP contribution < -0.4 is 5.32 Å². The lowest BCUT2D eigenvalue weighted by Gasteiger charge is -2.29. The quantitative estimate of drug-likeness (QED) is 0.840. The topological polar surface area (TPSA) is 41.6 Å². The number of ether oxygens (including phenoxy) is 1. The minimum Gasteiger partial charge on any atom is -0.380 e. The molecule has 0 aromatic heterocycles. The number of nitrogens with one attached hydrogen (secondary N) is 1. The first kappa shape index (κ1) is 14.0. The number of amides is 1. The molecule has 4 nitrogen and oxygen atoms in total. The van der Waals surface area contributed by atoms with Crippen LogP contribution in [0.4, 0.5) is 0 Å². The molecule has 2 saturated heterocycles. The van der Waals surface area contributed by atoms with E-state index in [-0.39, 0.29) is 11.3 Å². The second-order valence-electron chi connectivity index (χ2n) is 7.87. The Bertz CT molecular complexity index is 404. The third kappa shape index (κ3) is 2.85. The fourth-order valence-electron chi connectivity index (χ4n) is 4.60. The molecule has 4 rings (SSSR count). The van der Waals surface area contributed by atoms with Gasteiger partial charge in [-0.3, -0.25) is 9.69 Å². The van der Waals surface area contributed by atoms with Crippen molar-refractivity contribution in [3.63, 3.8) is 0 Å². The predicted molar refractivity (Wildman–Crippen MR) is 80.9 cm³/mol. The van der Waals surface area contributed by atoms with Gasteiger partial charge in [0, 0.05) is 43.4 Å². The molecule has 0 bridgehead atoms. The van der Waals surface area contributed by atoms with Crippen molar-refractivity contribution in [2.24, 2.45) is 17.3 Å². The van der Waals surface area contributed by atoms with Crippen molar-refractivity contribution < 1.29 is 9.53 Å². The van der Waals surface area contributed by atoms with Crippen LogP contribution >= 0.6 is 0 Å². The number of hydrogen-bond donors (Lipinski definition) is 1. The lowest BCUT2D eigenvalue weighted by Crippen LogP contribution is -2.44. The van der Waals surface area contributed by atoms with Gasteiger partial charge in [0.2, 0.25) is 5.91 Å². The third-order valence-corrected chi connectivity index (χ3v) is 6.20. The second-order valence-corrected chi connectivity index (χ2v) is 7.87. The molecule has 0 aromatic carbocycles. The van der Waals surface area contributed by atoms with E-state index >= 15 is 0 Å². The zero-order valence-electron chi connectivity index (χ0n) is 13.0. The molecule has 0 aromatic rings. The highest BCUT2D eigenvalue weighted by Gasteiger charge is 2.52. The Morgan fingerprint density at radius 2 is 2.05 bits per heavy atom. The van der Waals surface area contributed by atoms with E-state index in [0.29, 0.717) is 11.8 Å². The number of nitrogens with zero attached hydrogens (tertiary/aromatic N) is 1. The van der Waals surface area contributed by atoms with E-state index in [1.165, 1.54) is 45.1 Å². The van der Waals surface area contributed by atoms with Gasteiger partial charge in [-0.25, -0.2) is 0 Å². The minimum atomic E-state index is 0.196. The number of rotatable bonds is 5. The van der Waals surface area contributed by atoms with Crippen LogP contribution in [0.5, 0.6) is 0 Å². The molecule has 4 fully saturated rings. The summed E-state index contributed by atoms with van der Waals surface area (Å²) in [5.74, 6) is 1.56. The van der Waals surface area contributed by atoms with Crippen molar-refractivity contribution in [1.82, 2.24) is 10.2 Å². The maximum absolute atomic E-state index is 12.0. The Hall–Kier alpha value is -0.610. The van der Waals surface area contributed by atoms with Gasteiger partial charge < -0.3 is 10.1 Å². The average molecular weight is 292 g/mol. The Morgan fingerprint density at radius 1 is 1.24 bits per heavy atom. The molecule has 4 heteroatoms. The molecule has 21 heavy (non-hydrogen) atoms. The smallest absolute Gasteiger partial charge is 0.220 e. The molecular weight excluding hydrogens is 264 g/mol. The summed E-state index contributed by atoms with van der Waals surface area (Å²) in [6, 6.07) is 0.801. The first-order chi connectivity index (χ1) is 10.3. The molecular formula is C17H28N2O2. The van der Waals surface area contributed by atoms with Gasteiger partial charge in [-0.15, -0.1) is 0 Å². The van der Waals surface area contributed by atoms with Gasteiger partial charge in [-0.05, 0) is 31.6 Å². The Morgan fingerprint density at radius 3 is 2.81 bits per heavy atom. The van der Waals surface area contributed by atoms with E-state index in [0.717, 1.165) is 38.8 Å². The summed E-state index contributed by atoms with van der Waals surface area (Å²) in [5, 5.41) is 3.22. The average Bonchev–Trinajstić information content (AvgIpc) is 2.92. The monoisotopic (exact) mass is 292 g/mol. The summed E-state index contributed by atoms with van der Waals surface area (Å²) >= 11 is 0. The first-order valence-corrected chi connectivity index (χ1v) is 8.84. The van der Waals surface area contributed by atoms with Gasteiger partial charge in [0.25, 0.3) is 0 Å². The maximum atomic E-state index is 12.0. The second kappa shape index (κ2) is 5.54. The highest BCUT2D eigenvalue weighted by Crippen LogP contribution is 2.43. The first-order valence-electron chi connectivity index (χ1n) is 8.84. The molecule has 2 saturated carbocycles. The van der Waals surface area contributed by atoms with Crippen LogP contribution in [0.2, 0.25) is 0 Å². The summed E-state index contributed by atoms with van der Waals surface area (Å²) in [6.07, 6.45) is 8.78. The maximum Gasteiger partial charge on any atom is 0.220 e. The molecule has 1 N–H and O–H groups in total. The third-order valence-electron chi connectivity index (χ3n) is 6.20. The van der Waals surface area contributed by atoms with Gasteiger partial charge in [-0.1, -0.05) is 12.8 Å². The highest BCUT2D eigenvalue weighted by molar-refractivity contribution is 5.76. The van der Waals surface area contributed by atoms with Gasteiger partial charge >= 0.3 is 0 Å². The summed E-state index contributed by atoms with van der Waals surface area (Å²) in [7, 11) is 0. The molecule has 118 valence electrons. The van der Waals surface area contributed by atoms with Crippen LogP contribution in [0.15, 0.2) is 0 Å². The SMILES string of the molecule is O=C(CC1CC1)NC[C@]12COC[C@H]1CN(C1CCCC1)C2. The normalized spacial score (nSPS) is 37.0. The van der Waals surface area contributed by atoms with Crippen LogP contribution in [-0.2, 0) is 9.53 Å². The van der Waals surface area contributed by atoms with E-state index in [1.54, 1.807) is 0 Å². The van der Waals surface area contributed by atoms with Crippen LogP contribution in [0, 0.1) is 17.3 Å². The van der Waals surface area contributed by atoms with E-state index in [2.05, 4.69) is 10.2 Å². The van der Waals surface area contributed by atoms with Crippen molar-refractivity contribution in [3.8, 4) is 0 Å². The molecule has 2 heterocycles. The van der Waals surface area contributed by atoms with Crippen molar-refractivity contribution in [3.05, 3.63) is 0 Å². The molecule has 4 aliphatic rings. The van der Waals surface area contributed by atoms with Gasteiger partial charge in [0.15, 0.2) is 0 Å². The summed E-state index contributed by atoms with van der Waals surface area (Å²) in [4.78, 5) is 14.7. The molecule has 2 aliphatic carbocycles. The largest absolute Gasteiger partial charge is 0.380 e. The molecule has 1 amide bonds. The van der Waals surface area contributed by atoms with Crippen LogP contribution in [0.25, 0.3) is 0 Å². The molecule has 2 atom stereocenters. The number of likely N-dealkylation sites (tertiary alicyclic amines) is 1. The lowest BCUT2D eigenvalue weighted by molar-refractivity contribution is -0.122. The Kier molecular flexibility index (Phi) is 3.70. The Labute approximate surface area is 127 Å². The van der Waals surface area contributed by atoms with E-state index < -0.39 is 0 Å². The van der Waals surface area contributed by atoms with Gasteiger partial charge in [0.05, 0.1) is 13.2 Å². The lowest BCUT2D eigenvalue weighted by atomic mass is 9.81. The number of fused-ring (bicyclic) bond motifs is 1. The highest BCUT2D eigenvalue weighted by atomic mass is 16.5. The Balaban J connectivity index is 1.35. The van der Waals surface area contributed by atoms with Crippen molar-refractivity contribution in [1.29, 1.82) is 0 Å². The molecule has 0 unspecified atom stereocenters. The van der Waals surface area contributed by atoms with Crippen molar-refractivity contribution in [2.75, 3.05) is 32.8 Å². The summed E-state index contributed by atoms with van der Waals surface area (Å²) in [5.41, 5.74) is 0.196. The van der Waals surface area contributed by atoms with Crippen LogP contribution in [0.3, 0.4) is 0 Å². The van der Waals surface area contributed by atoms with Gasteiger partial charge in [0.1, 0.15) is 0 Å². The standard InChI is InChI=1S/C17H28N2O2/c20-16(7-13-5-6-13)18-10-17-11-19(15-3-1-2-4-15)8-14(17)9-21-12-17/h13-15H,1-12H2,(H,18,20)/t14-,17+/m1/s1. The number of hydrogen-bond acceptors (Lipinski definition) is 3. The number of carbonyl (C=O) groups is 1. The van der Waals surface area contributed by atoms with Crippen molar-refractivity contribution in [2.45, 2.75) is 51.0 Å². The number of carbonyl (C=O) groups excluding carboxylic acids is 1. The zero-order chi connectivity index (χ0) is 14.3. The molecule has 0 spiro atoms. The van der Waals surface area contributed by atoms with Crippen LogP contribution in [0.1, 0.15) is 44.9 Å². The van der Waals surface area contributed by atoms with E-state index in [4.69, 9.17) is 4.74 Å². The van der Waals surface area contributed by atoms with Gasteiger partial charge in [-0.2, -0.15) is 0 Å². The predicted octanol–water partition coefficient (Wildman–Crippen LogP) is 1.79. The molecule has 0 radical (unpaired) electrons. The van der Waals surface area contributed by atoms with Crippen molar-refractivity contribution >= 4 is 5.91 Å². The zero-order valence-corrected chi connectivity index (χ0v) is 13.0. The van der Waals surface area contributed by atoms with Crippen LogP contribution in [-0.4, -0.2) is 49.7 Å². The van der Waals surface area contributed by atoms with E-state index in [9.17, 15) is 4.79 Å². The fourth-order valence-corrected chi connectivity index (χ4v) is 4.60. The summed E-state index contributed by atoms with van der Waals surface area (Å²) in [6.45, 7) is 4.87. The fraction of sp³-hybridized carbons (Fsp3) is 0.941. The van der Waals surface area contributed by atoms with E-state index in [1.807, 2.05) is 0 Å². The summed E-state index contributed by atoms with van der Waals surface area (Å²) < 4.78 is 5.77. The molecule has 2 aliphatic heterocycles.